The van der Waals surface area contributed by atoms with Gasteiger partial charge in [0.05, 0.1) is 29.5 Å². The zero-order valence-corrected chi connectivity index (χ0v) is 36.6. The summed E-state index contributed by atoms with van der Waals surface area (Å²) in [4.78, 5) is 10.7. The molecular formula is C42H54Br2N2S4. The molecule has 0 aliphatic heterocycles. The Labute approximate surface area is 335 Å². The minimum absolute atomic E-state index is 0.655. The molecule has 0 spiro atoms. The quantitative estimate of drug-likeness (QED) is 0.0482. The Morgan fingerprint density at radius 3 is 1.36 bits per heavy atom. The van der Waals surface area contributed by atoms with Gasteiger partial charge >= 0.3 is 0 Å². The van der Waals surface area contributed by atoms with Crippen LogP contribution in [0.3, 0.4) is 0 Å². The molecule has 0 unspecified atom stereocenters. The van der Waals surface area contributed by atoms with E-state index in [9.17, 15) is 5.26 Å². The van der Waals surface area contributed by atoms with Crippen LogP contribution in [0.1, 0.15) is 159 Å². The number of halogens is 2. The minimum Gasteiger partial charge on any atom is -0.237 e. The number of unbranched alkanes of at least 4 members (excludes halogenated alkanes) is 18. The number of thiophene rings is 4. The molecule has 2 nitrogen and oxygen atoms in total. The van der Waals surface area contributed by atoms with Crippen LogP contribution in [0.2, 0.25) is 0 Å². The van der Waals surface area contributed by atoms with Crippen LogP contribution >= 0.6 is 77.2 Å². The molecule has 4 rings (SSSR count). The van der Waals surface area contributed by atoms with Crippen molar-refractivity contribution in [1.29, 1.82) is 5.26 Å². The maximum Gasteiger partial charge on any atom is 0.206 e. The van der Waals surface area contributed by atoms with Gasteiger partial charge in [0.25, 0.3) is 0 Å². The van der Waals surface area contributed by atoms with Crippen molar-refractivity contribution in [3.63, 3.8) is 0 Å². The van der Waals surface area contributed by atoms with Crippen LogP contribution in [-0.4, -0.2) is 0 Å². The predicted molar refractivity (Wildman–Crippen MR) is 232 cm³/mol. The molecule has 0 atom stereocenters. The van der Waals surface area contributed by atoms with Gasteiger partial charge in [0.15, 0.2) is 0 Å². The van der Waals surface area contributed by atoms with Gasteiger partial charge in [-0.2, -0.15) is 5.26 Å². The first-order valence-electron chi connectivity index (χ1n) is 19.1. The highest BCUT2D eigenvalue weighted by atomic mass is 79.9. The van der Waals surface area contributed by atoms with E-state index in [1.807, 2.05) is 0 Å². The van der Waals surface area contributed by atoms with Gasteiger partial charge in [0.2, 0.25) is 5.69 Å². The lowest BCUT2D eigenvalue weighted by atomic mass is 10.0. The molecule has 0 aliphatic rings. The smallest absolute Gasteiger partial charge is 0.206 e. The maximum absolute atomic E-state index is 10.3. The molecular weight excluding hydrogens is 821 g/mol. The van der Waals surface area contributed by atoms with Crippen molar-refractivity contribution < 1.29 is 0 Å². The molecule has 270 valence electrons. The molecule has 0 N–H and O–H groups in total. The van der Waals surface area contributed by atoms with Crippen molar-refractivity contribution >= 4 is 82.9 Å². The van der Waals surface area contributed by atoms with Crippen LogP contribution in [0.15, 0.2) is 31.8 Å². The van der Waals surface area contributed by atoms with Gasteiger partial charge in [-0.3, -0.25) is 0 Å². The lowest BCUT2D eigenvalue weighted by molar-refractivity contribution is 0.556. The average Bonchev–Trinajstić information content (AvgIpc) is 3.90. The van der Waals surface area contributed by atoms with Crippen LogP contribution in [0, 0.1) is 17.9 Å². The first-order valence-corrected chi connectivity index (χ1v) is 24.0. The fourth-order valence-electron chi connectivity index (χ4n) is 6.68. The van der Waals surface area contributed by atoms with Gasteiger partial charge in [0, 0.05) is 19.5 Å². The van der Waals surface area contributed by atoms with Gasteiger partial charge in [-0.05, 0) is 92.9 Å². The number of aryl methyl sites for hydroxylation is 2. The van der Waals surface area contributed by atoms with Crippen LogP contribution in [0.5, 0.6) is 0 Å². The Balaban J connectivity index is 1.39. The highest BCUT2D eigenvalue weighted by molar-refractivity contribution is 9.11. The Kier molecular flexibility index (Phi) is 19.4. The van der Waals surface area contributed by atoms with E-state index in [0.29, 0.717) is 11.3 Å². The topological polar surface area (TPSA) is 28.1 Å². The van der Waals surface area contributed by atoms with E-state index in [1.54, 1.807) is 45.3 Å². The summed E-state index contributed by atoms with van der Waals surface area (Å²) in [5, 5.41) is 10.3. The number of hydrogen-bond acceptors (Lipinski definition) is 5. The van der Waals surface area contributed by atoms with Gasteiger partial charge in [-0.25, -0.2) is 4.85 Å². The minimum atomic E-state index is 0.655. The fraction of sp³-hybridized carbons (Fsp3) is 0.571. The predicted octanol–water partition coefficient (Wildman–Crippen LogP) is 17.8. The highest BCUT2D eigenvalue weighted by Gasteiger charge is 2.23. The first kappa shape index (κ1) is 41.5. The summed E-state index contributed by atoms with van der Waals surface area (Å²) in [5.74, 6) is 0. The molecule has 4 aromatic rings. The molecule has 0 aromatic carbocycles. The number of nitriles is 1. The third-order valence-electron chi connectivity index (χ3n) is 9.50. The molecule has 0 bridgehead atoms. The summed E-state index contributed by atoms with van der Waals surface area (Å²) < 4.78 is 2.28. The second-order valence-corrected chi connectivity index (χ2v) is 20.5. The molecule has 0 saturated carbocycles. The second kappa shape index (κ2) is 23.4. The molecule has 0 saturated heterocycles. The SMILES string of the molecule is [C-]#[N+]c1cc(-c2sc(Br)cc2CCCCCCCCCCCC)sc1-c1sc(-c2sc(Br)cc2CCCCCCCCCCCC)cc1C#N. The van der Waals surface area contributed by atoms with E-state index in [-0.39, 0.29) is 0 Å². The van der Waals surface area contributed by atoms with Gasteiger partial charge in [0.1, 0.15) is 6.07 Å². The Bertz CT molecular complexity index is 1540. The van der Waals surface area contributed by atoms with Crippen molar-refractivity contribution in [2.24, 2.45) is 0 Å². The molecule has 8 heteroatoms. The number of nitrogens with zero attached hydrogens (tertiary/aromatic N) is 2. The molecule has 4 aromatic heterocycles. The largest absolute Gasteiger partial charge is 0.237 e. The van der Waals surface area contributed by atoms with Crippen LogP contribution in [0.4, 0.5) is 5.69 Å². The average molecular weight is 875 g/mol. The monoisotopic (exact) mass is 872 g/mol. The van der Waals surface area contributed by atoms with E-state index in [2.05, 4.69) is 80.9 Å². The standard InChI is InChI=1S/C42H54Br2N2S4/c1-4-6-8-10-12-14-16-18-20-22-24-31-27-37(43)49-39(31)35-26-33(30-45)41(47-35)42-34(46-3)29-36(48-42)40-32(28-38(44)50-40)25-23-21-19-17-15-13-11-9-7-5-2/h26-29H,4-25H2,1-2H3. The maximum atomic E-state index is 10.3. The molecule has 0 aliphatic carbocycles. The Morgan fingerprint density at radius 2 is 0.940 bits per heavy atom. The highest BCUT2D eigenvalue weighted by Crippen LogP contribution is 2.52. The van der Waals surface area contributed by atoms with Gasteiger partial charge in [-0.1, -0.05) is 129 Å². The lowest BCUT2D eigenvalue weighted by Crippen LogP contribution is -1.86. The number of rotatable bonds is 25. The Hall–Kier alpha value is -1.26. The van der Waals surface area contributed by atoms with Crippen molar-refractivity contribution in [2.75, 3.05) is 0 Å². The van der Waals surface area contributed by atoms with Crippen LogP contribution in [-0.2, 0) is 12.8 Å². The molecule has 0 fully saturated rings. The summed E-state index contributed by atoms with van der Waals surface area (Å²) in [5.41, 5.74) is 4.08. The zero-order valence-electron chi connectivity index (χ0n) is 30.1. The first-order chi connectivity index (χ1) is 24.5. The fourth-order valence-corrected chi connectivity index (χ4v) is 12.7. The Morgan fingerprint density at radius 1 is 0.540 bits per heavy atom. The lowest BCUT2D eigenvalue weighted by Gasteiger charge is -2.04. The normalized spacial score (nSPS) is 11.3. The molecule has 4 heterocycles. The van der Waals surface area contributed by atoms with E-state index >= 15 is 0 Å². The molecule has 0 radical (unpaired) electrons. The van der Waals surface area contributed by atoms with Crippen molar-refractivity contribution in [2.45, 2.75) is 155 Å². The van der Waals surface area contributed by atoms with E-state index < -0.39 is 0 Å². The van der Waals surface area contributed by atoms with Gasteiger partial charge < -0.3 is 0 Å². The van der Waals surface area contributed by atoms with Gasteiger partial charge in [-0.15, -0.1) is 45.3 Å². The molecule has 0 amide bonds. The summed E-state index contributed by atoms with van der Waals surface area (Å²) in [6.45, 7) is 12.6. The zero-order chi connectivity index (χ0) is 35.6. The van der Waals surface area contributed by atoms with Crippen molar-refractivity contribution in [1.82, 2.24) is 0 Å². The van der Waals surface area contributed by atoms with Crippen LogP contribution < -0.4 is 0 Å². The third-order valence-corrected chi connectivity index (χ3v) is 15.6. The van der Waals surface area contributed by atoms with Crippen LogP contribution in [0.25, 0.3) is 34.1 Å². The summed E-state index contributed by atoms with van der Waals surface area (Å²) in [7, 11) is 0. The molecule has 50 heavy (non-hydrogen) atoms. The van der Waals surface area contributed by atoms with Crippen molar-refractivity contribution in [3.05, 3.63) is 59.9 Å². The summed E-state index contributed by atoms with van der Waals surface area (Å²) in [6.07, 6.45) is 28.9. The van der Waals surface area contributed by atoms with Crippen molar-refractivity contribution in [3.8, 4) is 35.3 Å². The summed E-state index contributed by atoms with van der Waals surface area (Å²) >= 11 is 14.4. The number of hydrogen-bond donors (Lipinski definition) is 0. The summed E-state index contributed by atoms with van der Waals surface area (Å²) in [6, 6.07) is 11.2. The second-order valence-electron chi connectivity index (χ2n) is 13.6. The van der Waals surface area contributed by atoms with E-state index in [4.69, 9.17) is 6.57 Å². The van der Waals surface area contributed by atoms with E-state index in [0.717, 1.165) is 39.9 Å². The third kappa shape index (κ3) is 13.0. The van der Waals surface area contributed by atoms with E-state index in [1.165, 1.54) is 149 Å².